The molecule has 94 valence electrons. The van der Waals surface area contributed by atoms with Crippen LogP contribution in [0.5, 0.6) is 0 Å². The number of nitrogens with zero attached hydrogens (tertiary/aromatic N) is 1. The van der Waals surface area contributed by atoms with Gasteiger partial charge in [0.05, 0.1) is 5.69 Å². The fourth-order valence-corrected chi connectivity index (χ4v) is 3.04. The molecule has 1 aliphatic rings. The molecule has 1 saturated carbocycles. The average Bonchev–Trinajstić information content (AvgIpc) is 2.69. The van der Waals surface area contributed by atoms with Gasteiger partial charge in [0.1, 0.15) is 0 Å². The summed E-state index contributed by atoms with van der Waals surface area (Å²) < 4.78 is 0. The van der Waals surface area contributed by atoms with Crippen molar-refractivity contribution in [3.8, 4) is 0 Å². The highest BCUT2D eigenvalue weighted by Crippen LogP contribution is 2.33. The molecule has 2 rings (SSSR count). The molecule has 1 N–H and O–H groups in total. The van der Waals surface area contributed by atoms with E-state index in [1.54, 1.807) is 0 Å². The molecular weight excluding hydrogens is 208 g/mol. The fraction of sp³-hybridized carbons (Fsp3) is 0.667. The molecule has 0 spiro atoms. The molecule has 17 heavy (non-hydrogen) atoms. The summed E-state index contributed by atoms with van der Waals surface area (Å²) in [5.74, 6) is 1.72. The minimum atomic E-state index is 0.682. The quantitative estimate of drug-likeness (QED) is 0.861. The molecule has 0 radical (unpaired) electrons. The Morgan fingerprint density at radius 3 is 2.88 bits per heavy atom. The summed E-state index contributed by atoms with van der Waals surface area (Å²) in [5, 5.41) is 3.69. The summed E-state index contributed by atoms with van der Waals surface area (Å²) in [6.45, 7) is 7.76. The number of rotatable bonds is 4. The number of hydrogen-bond acceptors (Lipinski definition) is 2. The van der Waals surface area contributed by atoms with Gasteiger partial charge >= 0.3 is 0 Å². The molecule has 3 unspecified atom stereocenters. The van der Waals surface area contributed by atoms with E-state index in [0.29, 0.717) is 6.04 Å². The summed E-state index contributed by atoms with van der Waals surface area (Å²) in [4.78, 5) is 4.44. The minimum absolute atomic E-state index is 0.682. The second-order valence-electron chi connectivity index (χ2n) is 5.36. The maximum absolute atomic E-state index is 4.44. The van der Waals surface area contributed by atoms with Gasteiger partial charge in [0.2, 0.25) is 0 Å². The number of nitrogens with one attached hydrogen (secondary N) is 1. The van der Waals surface area contributed by atoms with E-state index < -0.39 is 0 Å². The first-order valence-corrected chi connectivity index (χ1v) is 6.86. The van der Waals surface area contributed by atoms with Crippen LogP contribution in [0.3, 0.4) is 0 Å². The summed E-state index contributed by atoms with van der Waals surface area (Å²) in [6.07, 6.45) is 5.92. The van der Waals surface area contributed by atoms with Crippen LogP contribution in [0.15, 0.2) is 18.3 Å². The number of aromatic nitrogens is 1. The summed E-state index contributed by atoms with van der Waals surface area (Å²) >= 11 is 0. The maximum Gasteiger partial charge on any atom is 0.0570 e. The highest BCUT2D eigenvalue weighted by Gasteiger charge is 2.30. The molecule has 2 heteroatoms. The van der Waals surface area contributed by atoms with E-state index in [-0.39, 0.29) is 0 Å². The summed E-state index contributed by atoms with van der Waals surface area (Å²) in [5.41, 5.74) is 2.48. The van der Waals surface area contributed by atoms with Crippen molar-refractivity contribution in [1.29, 1.82) is 0 Å². The first-order chi connectivity index (χ1) is 8.22. The van der Waals surface area contributed by atoms with Crippen molar-refractivity contribution >= 4 is 0 Å². The van der Waals surface area contributed by atoms with E-state index in [1.165, 1.54) is 30.5 Å². The first kappa shape index (κ1) is 12.6. The molecule has 0 aliphatic heterocycles. The number of pyridine rings is 1. The molecule has 0 bridgehead atoms. The minimum Gasteiger partial charge on any atom is -0.308 e. The smallest absolute Gasteiger partial charge is 0.0570 e. The van der Waals surface area contributed by atoms with Crippen LogP contribution in [0.4, 0.5) is 0 Å². The van der Waals surface area contributed by atoms with Gasteiger partial charge in [-0.3, -0.25) is 4.98 Å². The zero-order valence-electron chi connectivity index (χ0n) is 11.2. The van der Waals surface area contributed by atoms with Crippen molar-refractivity contribution in [2.75, 3.05) is 0 Å². The van der Waals surface area contributed by atoms with E-state index >= 15 is 0 Å². The molecule has 3 atom stereocenters. The lowest BCUT2D eigenvalue weighted by Gasteiger charge is -2.21. The van der Waals surface area contributed by atoms with Crippen molar-refractivity contribution in [3.63, 3.8) is 0 Å². The number of hydrogen-bond donors (Lipinski definition) is 1. The van der Waals surface area contributed by atoms with E-state index in [9.17, 15) is 0 Å². The summed E-state index contributed by atoms with van der Waals surface area (Å²) in [6, 6.07) is 4.82. The Balaban J connectivity index is 1.89. The Kier molecular flexibility index (Phi) is 4.16. The second-order valence-corrected chi connectivity index (χ2v) is 5.36. The van der Waals surface area contributed by atoms with Crippen molar-refractivity contribution in [3.05, 3.63) is 29.6 Å². The van der Waals surface area contributed by atoms with Gasteiger partial charge in [0, 0.05) is 18.8 Å². The van der Waals surface area contributed by atoms with E-state index in [4.69, 9.17) is 0 Å². The van der Waals surface area contributed by atoms with Gasteiger partial charge in [-0.15, -0.1) is 0 Å². The molecular formula is C15H24N2. The van der Waals surface area contributed by atoms with Gasteiger partial charge in [0.25, 0.3) is 0 Å². The molecule has 0 aromatic carbocycles. The topological polar surface area (TPSA) is 24.9 Å². The number of aryl methyl sites for hydroxylation is 1. The van der Waals surface area contributed by atoms with Gasteiger partial charge in [0.15, 0.2) is 0 Å². The standard InChI is InChI=1S/C15H24N2/c1-4-13-7-8-14(12(13)3)17-10-15-11(2)6-5-9-16-15/h5-6,9,12-14,17H,4,7-8,10H2,1-3H3. The predicted molar refractivity (Wildman–Crippen MR) is 71.8 cm³/mol. The van der Waals surface area contributed by atoms with E-state index in [0.717, 1.165) is 18.4 Å². The average molecular weight is 232 g/mol. The predicted octanol–water partition coefficient (Wildman–Crippen LogP) is 3.30. The SMILES string of the molecule is CCC1CCC(NCc2ncccc2C)C1C. The molecule has 1 heterocycles. The van der Waals surface area contributed by atoms with Crippen LogP contribution in [0.25, 0.3) is 0 Å². The largest absolute Gasteiger partial charge is 0.308 e. The Bertz CT molecular complexity index is 362. The third kappa shape index (κ3) is 2.86. The van der Waals surface area contributed by atoms with Crippen molar-refractivity contribution in [2.45, 2.75) is 52.6 Å². The van der Waals surface area contributed by atoms with Crippen LogP contribution in [0.1, 0.15) is 44.4 Å². The van der Waals surface area contributed by atoms with E-state index in [1.807, 2.05) is 12.3 Å². The van der Waals surface area contributed by atoms with Gasteiger partial charge < -0.3 is 5.32 Å². The Labute approximate surface area is 105 Å². The van der Waals surface area contributed by atoms with Crippen molar-refractivity contribution in [2.24, 2.45) is 11.8 Å². The lowest BCUT2D eigenvalue weighted by atomic mass is 9.93. The Hall–Kier alpha value is -0.890. The zero-order chi connectivity index (χ0) is 12.3. The van der Waals surface area contributed by atoms with Crippen LogP contribution < -0.4 is 5.32 Å². The van der Waals surface area contributed by atoms with Crippen molar-refractivity contribution < 1.29 is 0 Å². The maximum atomic E-state index is 4.44. The Morgan fingerprint density at radius 2 is 2.24 bits per heavy atom. The van der Waals surface area contributed by atoms with Crippen LogP contribution in [-0.2, 0) is 6.54 Å². The van der Waals surface area contributed by atoms with Gasteiger partial charge in [-0.05, 0) is 43.2 Å². The van der Waals surface area contributed by atoms with Crippen LogP contribution >= 0.6 is 0 Å². The van der Waals surface area contributed by atoms with Crippen molar-refractivity contribution in [1.82, 2.24) is 10.3 Å². The highest BCUT2D eigenvalue weighted by atomic mass is 14.9. The molecule has 0 amide bonds. The highest BCUT2D eigenvalue weighted by molar-refractivity contribution is 5.17. The van der Waals surface area contributed by atoms with Crippen LogP contribution in [-0.4, -0.2) is 11.0 Å². The molecule has 1 aliphatic carbocycles. The monoisotopic (exact) mass is 232 g/mol. The van der Waals surface area contributed by atoms with Gasteiger partial charge in [-0.1, -0.05) is 26.3 Å². The molecule has 0 saturated heterocycles. The second kappa shape index (κ2) is 5.63. The molecule has 1 aromatic rings. The lowest BCUT2D eigenvalue weighted by Crippen LogP contribution is -2.32. The third-order valence-electron chi connectivity index (χ3n) is 4.40. The van der Waals surface area contributed by atoms with Crippen LogP contribution in [0.2, 0.25) is 0 Å². The van der Waals surface area contributed by atoms with E-state index in [2.05, 4.69) is 37.1 Å². The fourth-order valence-electron chi connectivity index (χ4n) is 3.04. The Morgan fingerprint density at radius 1 is 1.41 bits per heavy atom. The van der Waals surface area contributed by atoms with Crippen LogP contribution in [0, 0.1) is 18.8 Å². The normalized spacial score (nSPS) is 28.5. The summed E-state index contributed by atoms with van der Waals surface area (Å²) in [7, 11) is 0. The van der Waals surface area contributed by atoms with Gasteiger partial charge in [-0.2, -0.15) is 0 Å². The zero-order valence-corrected chi connectivity index (χ0v) is 11.2. The molecule has 1 aromatic heterocycles. The third-order valence-corrected chi connectivity index (χ3v) is 4.40. The first-order valence-electron chi connectivity index (χ1n) is 6.86. The molecule has 1 fully saturated rings. The van der Waals surface area contributed by atoms with Gasteiger partial charge in [-0.25, -0.2) is 0 Å². The lowest BCUT2D eigenvalue weighted by molar-refractivity contribution is 0.343. The molecule has 2 nitrogen and oxygen atoms in total.